The maximum absolute atomic E-state index is 13.6. The Kier molecular flexibility index (Phi) is 7.38. The minimum absolute atomic E-state index is 0.0926. The molecule has 6 nitrogen and oxygen atoms in total. The average Bonchev–Trinajstić information content (AvgIpc) is 2.85. The van der Waals surface area contributed by atoms with Crippen LogP contribution in [0.1, 0.15) is 16.7 Å². The van der Waals surface area contributed by atoms with E-state index in [1.54, 1.807) is 17.0 Å². The largest absolute Gasteiger partial charge is 0.368 e. The molecule has 8 heteroatoms. The number of benzene rings is 3. The summed E-state index contributed by atoms with van der Waals surface area (Å²) < 4.78 is 28.3. The number of anilines is 2. The fourth-order valence-corrected chi connectivity index (χ4v) is 5.80. The maximum atomic E-state index is 13.6. The molecule has 0 N–H and O–H groups in total. The zero-order valence-corrected chi connectivity index (χ0v) is 21.8. The molecule has 0 bridgehead atoms. The molecule has 184 valence electrons. The van der Waals surface area contributed by atoms with Gasteiger partial charge in [0.05, 0.1) is 10.6 Å². The molecule has 0 aromatic heterocycles. The molecule has 35 heavy (non-hydrogen) atoms. The van der Waals surface area contributed by atoms with Crippen LogP contribution in [0.2, 0.25) is 5.02 Å². The van der Waals surface area contributed by atoms with Crippen LogP contribution in [0.25, 0.3) is 0 Å². The van der Waals surface area contributed by atoms with Gasteiger partial charge in [0.15, 0.2) is 0 Å². The van der Waals surface area contributed by atoms with Crippen molar-refractivity contribution in [1.82, 2.24) is 4.90 Å². The predicted molar refractivity (Wildman–Crippen MR) is 142 cm³/mol. The quantitative estimate of drug-likeness (QED) is 0.476. The highest BCUT2D eigenvalue weighted by Crippen LogP contribution is 2.27. The van der Waals surface area contributed by atoms with Gasteiger partial charge in [0.25, 0.3) is 10.0 Å². The molecule has 1 fully saturated rings. The van der Waals surface area contributed by atoms with E-state index in [9.17, 15) is 13.2 Å². The van der Waals surface area contributed by atoms with Gasteiger partial charge in [-0.3, -0.25) is 9.10 Å². The van der Waals surface area contributed by atoms with Crippen molar-refractivity contribution in [1.29, 1.82) is 0 Å². The van der Waals surface area contributed by atoms with Crippen molar-refractivity contribution in [3.63, 3.8) is 0 Å². The Morgan fingerprint density at radius 3 is 2.14 bits per heavy atom. The second-order valence-electron chi connectivity index (χ2n) is 8.89. The van der Waals surface area contributed by atoms with Gasteiger partial charge in [-0.2, -0.15) is 0 Å². The Labute approximate surface area is 212 Å². The molecule has 0 atom stereocenters. The Morgan fingerprint density at radius 1 is 0.886 bits per heavy atom. The number of hydrogen-bond donors (Lipinski definition) is 0. The van der Waals surface area contributed by atoms with Crippen LogP contribution in [0.4, 0.5) is 11.4 Å². The number of sulfonamides is 1. The highest BCUT2D eigenvalue weighted by atomic mass is 35.5. The zero-order chi connectivity index (χ0) is 25.2. The van der Waals surface area contributed by atoms with Crippen LogP contribution in [0.3, 0.4) is 0 Å². The Hall–Kier alpha value is -3.03. The fraction of sp³-hybridized carbons (Fsp3) is 0.296. The van der Waals surface area contributed by atoms with Gasteiger partial charge in [-0.05, 0) is 74.4 Å². The molecule has 1 amide bonds. The molecule has 1 aliphatic rings. The Balaban J connectivity index is 1.53. The maximum Gasteiger partial charge on any atom is 0.264 e. The van der Waals surface area contributed by atoms with E-state index in [0.29, 0.717) is 36.9 Å². The number of carbonyl (C=O) groups is 1. The summed E-state index contributed by atoms with van der Waals surface area (Å²) in [6, 6.07) is 19.4. The zero-order valence-electron chi connectivity index (χ0n) is 20.2. The van der Waals surface area contributed by atoms with E-state index in [-0.39, 0.29) is 17.3 Å². The molecule has 1 saturated heterocycles. The summed E-state index contributed by atoms with van der Waals surface area (Å²) in [5, 5.41) is 0.448. The van der Waals surface area contributed by atoms with Crippen molar-refractivity contribution in [2.75, 3.05) is 41.9 Å². The lowest BCUT2D eigenvalue weighted by Gasteiger charge is -2.38. The van der Waals surface area contributed by atoms with Gasteiger partial charge in [0.1, 0.15) is 6.54 Å². The van der Waals surface area contributed by atoms with Gasteiger partial charge in [-0.15, -0.1) is 0 Å². The number of halogens is 1. The monoisotopic (exact) mass is 511 g/mol. The highest BCUT2D eigenvalue weighted by molar-refractivity contribution is 7.92. The molecule has 0 radical (unpaired) electrons. The van der Waals surface area contributed by atoms with Crippen molar-refractivity contribution in [3.05, 3.63) is 88.4 Å². The van der Waals surface area contributed by atoms with Crippen LogP contribution in [0, 0.1) is 20.8 Å². The van der Waals surface area contributed by atoms with Gasteiger partial charge < -0.3 is 9.80 Å². The van der Waals surface area contributed by atoms with Crippen molar-refractivity contribution in [2.45, 2.75) is 25.7 Å². The summed E-state index contributed by atoms with van der Waals surface area (Å²) >= 11 is 5.96. The molecule has 0 saturated carbocycles. The third-order valence-electron chi connectivity index (χ3n) is 6.55. The van der Waals surface area contributed by atoms with Gasteiger partial charge in [0.2, 0.25) is 5.91 Å². The number of piperazine rings is 1. The number of hydrogen-bond acceptors (Lipinski definition) is 4. The third kappa shape index (κ3) is 5.46. The first-order valence-corrected chi connectivity index (χ1v) is 13.4. The smallest absolute Gasteiger partial charge is 0.264 e. The van der Waals surface area contributed by atoms with Gasteiger partial charge >= 0.3 is 0 Å². The summed E-state index contributed by atoms with van der Waals surface area (Å²) in [5.41, 5.74) is 5.12. The number of nitrogens with zero attached hydrogens (tertiary/aromatic N) is 3. The van der Waals surface area contributed by atoms with Gasteiger partial charge in [-0.1, -0.05) is 41.4 Å². The lowest BCUT2D eigenvalue weighted by atomic mass is 10.1. The lowest BCUT2D eigenvalue weighted by molar-refractivity contribution is -0.129. The van der Waals surface area contributed by atoms with Gasteiger partial charge in [-0.25, -0.2) is 8.42 Å². The normalized spacial score (nSPS) is 14.2. The number of carbonyl (C=O) groups excluding carboxylic acids is 1. The average molecular weight is 512 g/mol. The predicted octanol–water partition coefficient (Wildman–Crippen LogP) is 4.81. The van der Waals surface area contributed by atoms with Crippen molar-refractivity contribution in [2.24, 2.45) is 0 Å². The van der Waals surface area contributed by atoms with Crippen molar-refractivity contribution in [3.8, 4) is 0 Å². The van der Waals surface area contributed by atoms with Crippen LogP contribution in [0.15, 0.2) is 71.6 Å². The summed E-state index contributed by atoms with van der Waals surface area (Å²) in [4.78, 5) is 17.5. The molecule has 0 unspecified atom stereocenters. The minimum atomic E-state index is -3.96. The minimum Gasteiger partial charge on any atom is -0.368 e. The van der Waals surface area contributed by atoms with E-state index < -0.39 is 10.0 Å². The molecule has 0 aliphatic carbocycles. The van der Waals surface area contributed by atoms with Crippen LogP contribution < -0.4 is 9.21 Å². The van der Waals surface area contributed by atoms with Crippen LogP contribution in [-0.2, 0) is 14.8 Å². The molecule has 1 aliphatic heterocycles. The first kappa shape index (κ1) is 25.1. The van der Waals surface area contributed by atoms with Crippen molar-refractivity contribution < 1.29 is 13.2 Å². The first-order valence-electron chi connectivity index (χ1n) is 11.6. The highest BCUT2D eigenvalue weighted by Gasteiger charge is 2.30. The van der Waals surface area contributed by atoms with E-state index in [1.807, 2.05) is 19.1 Å². The Bertz CT molecular complexity index is 1300. The number of aryl methyl sites for hydroxylation is 2. The number of amides is 1. The topological polar surface area (TPSA) is 60.9 Å². The van der Waals surface area contributed by atoms with E-state index in [0.717, 1.165) is 5.56 Å². The van der Waals surface area contributed by atoms with Gasteiger partial charge in [0, 0.05) is 36.9 Å². The molecule has 1 heterocycles. The molecule has 0 spiro atoms. The van der Waals surface area contributed by atoms with E-state index in [4.69, 9.17) is 11.6 Å². The molecule has 3 aromatic rings. The lowest BCUT2D eigenvalue weighted by Crippen LogP contribution is -2.52. The van der Waals surface area contributed by atoms with E-state index >= 15 is 0 Å². The van der Waals surface area contributed by atoms with E-state index in [1.165, 1.54) is 45.4 Å². The van der Waals surface area contributed by atoms with Crippen LogP contribution in [-0.4, -0.2) is 51.9 Å². The second-order valence-corrected chi connectivity index (χ2v) is 11.2. The fourth-order valence-electron chi connectivity index (χ4n) is 4.26. The van der Waals surface area contributed by atoms with E-state index in [2.05, 4.69) is 36.9 Å². The summed E-state index contributed by atoms with van der Waals surface area (Å²) in [6.45, 7) is 8.35. The summed E-state index contributed by atoms with van der Waals surface area (Å²) in [7, 11) is -3.96. The van der Waals surface area contributed by atoms with Crippen molar-refractivity contribution >= 4 is 38.9 Å². The SMILES string of the molecule is Cc1ccc(N(CC(=O)N2CCN(c3cccc(C)c3C)CC2)S(=O)(=O)c2ccc(Cl)cc2)cc1. The third-order valence-corrected chi connectivity index (χ3v) is 8.59. The molecular formula is C27H30ClN3O3S. The van der Waals surface area contributed by atoms with Crippen LogP contribution >= 0.6 is 11.6 Å². The van der Waals surface area contributed by atoms with Crippen LogP contribution in [0.5, 0.6) is 0 Å². The summed E-state index contributed by atoms with van der Waals surface area (Å²) in [6.07, 6.45) is 0. The molecule has 3 aromatic carbocycles. The Morgan fingerprint density at radius 2 is 1.51 bits per heavy atom. The first-order chi connectivity index (χ1) is 16.7. The molecular weight excluding hydrogens is 482 g/mol. The second kappa shape index (κ2) is 10.3. The summed E-state index contributed by atoms with van der Waals surface area (Å²) in [5.74, 6) is -0.219. The number of rotatable bonds is 6. The standard InChI is InChI=1S/C27H30ClN3O3S/c1-20-7-11-24(12-8-20)31(35(33,34)25-13-9-23(28)10-14-25)19-27(32)30-17-15-29(16-18-30)26-6-4-5-21(2)22(26)3/h4-14H,15-19H2,1-3H3. The molecule has 4 rings (SSSR count).